The summed E-state index contributed by atoms with van der Waals surface area (Å²) in [4.78, 5) is 25.2. The number of alkyl carbamates (subject to hydrolysis) is 1. The molecule has 34 heavy (non-hydrogen) atoms. The average molecular weight is 458 g/mol. The van der Waals surface area contributed by atoms with Gasteiger partial charge in [-0.05, 0) is 59.2 Å². The molecule has 3 aromatic rings. The number of carboxylic acids is 1. The van der Waals surface area contributed by atoms with E-state index in [-0.39, 0.29) is 25.4 Å². The first-order chi connectivity index (χ1) is 16.5. The molecule has 0 spiro atoms. The highest BCUT2D eigenvalue weighted by Gasteiger charge is 2.44. The summed E-state index contributed by atoms with van der Waals surface area (Å²) in [6.45, 7) is 2.60. The lowest BCUT2D eigenvalue weighted by molar-refractivity contribution is -0.145. The topological polar surface area (TPSA) is 84.9 Å². The van der Waals surface area contributed by atoms with Crippen molar-refractivity contribution >= 4 is 12.1 Å². The fourth-order valence-corrected chi connectivity index (χ4v) is 5.28. The molecule has 3 aromatic carbocycles. The predicted molar refractivity (Wildman–Crippen MR) is 128 cm³/mol. The van der Waals surface area contributed by atoms with Crippen LogP contribution < -0.4 is 10.1 Å². The number of hydrogen-bond donors (Lipinski definition) is 2. The van der Waals surface area contributed by atoms with Crippen LogP contribution in [0.2, 0.25) is 0 Å². The third kappa shape index (κ3) is 3.79. The van der Waals surface area contributed by atoms with Crippen molar-refractivity contribution in [1.82, 2.24) is 5.32 Å². The van der Waals surface area contributed by atoms with E-state index < -0.39 is 17.6 Å². The van der Waals surface area contributed by atoms with E-state index in [1.165, 1.54) is 0 Å². The molecule has 0 heterocycles. The highest BCUT2D eigenvalue weighted by molar-refractivity contribution is 5.85. The molecule has 0 saturated heterocycles. The Morgan fingerprint density at radius 3 is 2.32 bits per heavy atom. The lowest BCUT2D eigenvalue weighted by atomic mass is 9.77. The number of rotatable bonds is 6. The van der Waals surface area contributed by atoms with Crippen LogP contribution in [0, 0.1) is 0 Å². The van der Waals surface area contributed by atoms with Crippen molar-refractivity contribution in [2.75, 3.05) is 13.2 Å². The van der Waals surface area contributed by atoms with Crippen LogP contribution in [-0.2, 0) is 22.4 Å². The molecular weight excluding hydrogens is 430 g/mol. The third-order valence-corrected chi connectivity index (χ3v) is 6.92. The SMILES string of the molecule is CCOc1cccc2c1CCC(NC(=O)OCC1c3ccccc3-c3ccccc31)(C(=O)O)C2. The molecule has 0 radical (unpaired) electrons. The Morgan fingerprint density at radius 1 is 1.00 bits per heavy atom. The van der Waals surface area contributed by atoms with Gasteiger partial charge in [0.15, 0.2) is 0 Å². The number of fused-ring (bicyclic) bond motifs is 4. The van der Waals surface area contributed by atoms with Gasteiger partial charge in [0.05, 0.1) is 6.61 Å². The normalized spacial score (nSPS) is 18.4. The molecule has 174 valence electrons. The molecule has 0 fully saturated rings. The number of amides is 1. The third-order valence-electron chi connectivity index (χ3n) is 6.92. The van der Waals surface area contributed by atoms with Crippen LogP contribution in [0.1, 0.15) is 41.5 Å². The molecule has 6 heteroatoms. The summed E-state index contributed by atoms with van der Waals surface area (Å²) in [6, 6.07) is 21.9. The zero-order chi connectivity index (χ0) is 23.7. The van der Waals surface area contributed by atoms with Crippen molar-refractivity contribution in [3.8, 4) is 16.9 Å². The maximum absolute atomic E-state index is 12.9. The first kappa shape index (κ1) is 22.0. The summed E-state index contributed by atoms with van der Waals surface area (Å²) < 4.78 is 11.3. The maximum atomic E-state index is 12.9. The van der Waals surface area contributed by atoms with Gasteiger partial charge in [-0.25, -0.2) is 9.59 Å². The van der Waals surface area contributed by atoms with Crippen LogP contribution in [0.5, 0.6) is 5.75 Å². The predicted octanol–water partition coefficient (Wildman–Crippen LogP) is 4.94. The molecule has 2 aliphatic rings. The summed E-state index contributed by atoms with van der Waals surface area (Å²) >= 11 is 0. The highest BCUT2D eigenvalue weighted by Crippen LogP contribution is 2.44. The first-order valence-electron chi connectivity index (χ1n) is 11.6. The second-order valence-corrected chi connectivity index (χ2v) is 8.84. The van der Waals surface area contributed by atoms with E-state index in [1.807, 2.05) is 61.5 Å². The lowest BCUT2D eigenvalue weighted by Gasteiger charge is -2.35. The van der Waals surface area contributed by atoms with Crippen LogP contribution >= 0.6 is 0 Å². The fourth-order valence-electron chi connectivity index (χ4n) is 5.28. The van der Waals surface area contributed by atoms with Gasteiger partial charge in [-0.15, -0.1) is 0 Å². The van der Waals surface area contributed by atoms with E-state index >= 15 is 0 Å². The van der Waals surface area contributed by atoms with Gasteiger partial charge in [-0.1, -0.05) is 60.7 Å². The minimum Gasteiger partial charge on any atom is -0.494 e. The van der Waals surface area contributed by atoms with E-state index in [4.69, 9.17) is 9.47 Å². The Morgan fingerprint density at radius 2 is 1.68 bits per heavy atom. The zero-order valence-electron chi connectivity index (χ0n) is 19.0. The van der Waals surface area contributed by atoms with Crippen molar-refractivity contribution < 1.29 is 24.2 Å². The van der Waals surface area contributed by atoms with Gasteiger partial charge in [-0.3, -0.25) is 0 Å². The number of carbonyl (C=O) groups is 2. The summed E-state index contributed by atoms with van der Waals surface area (Å²) in [6.07, 6.45) is 0.238. The second-order valence-electron chi connectivity index (χ2n) is 8.84. The molecule has 0 bridgehead atoms. The van der Waals surface area contributed by atoms with E-state index in [9.17, 15) is 14.7 Å². The molecule has 5 rings (SSSR count). The van der Waals surface area contributed by atoms with Crippen molar-refractivity contribution in [2.24, 2.45) is 0 Å². The lowest BCUT2D eigenvalue weighted by Crippen LogP contribution is -2.58. The molecule has 2 aliphatic carbocycles. The van der Waals surface area contributed by atoms with Gasteiger partial charge in [0, 0.05) is 12.3 Å². The number of benzene rings is 3. The molecule has 0 saturated carbocycles. The minimum atomic E-state index is -1.42. The monoisotopic (exact) mass is 457 g/mol. The van der Waals surface area contributed by atoms with Gasteiger partial charge < -0.3 is 19.9 Å². The van der Waals surface area contributed by atoms with Gasteiger partial charge in [0.2, 0.25) is 0 Å². The van der Waals surface area contributed by atoms with Crippen molar-refractivity contribution in [3.63, 3.8) is 0 Å². The largest absolute Gasteiger partial charge is 0.494 e. The molecule has 0 aliphatic heterocycles. The Bertz CT molecular complexity index is 1210. The number of ether oxygens (including phenoxy) is 2. The van der Waals surface area contributed by atoms with Gasteiger partial charge >= 0.3 is 12.1 Å². The van der Waals surface area contributed by atoms with Crippen molar-refractivity contribution in [3.05, 3.63) is 89.0 Å². The minimum absolute atomic E-state index is 0.0836. The molecule has 0 aromatic heterocycles. The smallest absolute Gasteiger partial charge is 0.408 e. The van der Waals surface area contributed by atoms with E-state index in [0.29, 0.717) is 13.0 Å². The number of carbonyl (C=O) groups excluding carboxylic acids is 1. The quantitative estimate of drug-likeness (QED) is 0.548. The summed E-state index contributed by atoms with van der Waals surface area (Å²) in [5.41, 5.74) is 4.97. The van der Waals surface area contributed by atoms with E-state index in [0.717, 1.165) is 39.1 Å². The van der Waals surface area contributed by atoms with Gasteiger partial charge in [0.25, 0.3) is 0 Å². The average Bonchev–Trinajstić information content (AvgIpc) is 3.16. The summed E-state index contributed by atoms with van der Waals surface area (Å²) in [5.74, 6) is -0.367. The zero-order valence-corrected chi connectivity index (χ0v) is 19.0. The number of nitrogens with one attached hydrogen (secondary N) is 1. The molecule has 2 N–H and O–H groups in total. The summed E-state index contributed by atoms with van der Waals surface area (Å²) in [7, 11) is 0. The Hall–Kier alpha value is -3.80. The van der Waals surface area contributed by atoms with Crippen LogP contribution in [0.3, 0.4) is 0 Å². The van der Waals surface area contributed by atoms with Crippen LogP contribution in [-0.4, -0.2) is 35.9 Å². The number of carboxylic acid groups (broad SMARTS) is 1. The molecular formula is C28H27NO5. The van der Waals surface area contributed by atoms with Crippen LogP contribution in [0.25, 0.3) is 11.1 Å². The first-order valence-corrected chi connectivity index (χ1v) is 11.6. The molecule has 1 amide bonds. The van der Waals surface area contributed by atoms with Gasteiger partial charge in [-0.2, -0.15) is 0 Å². The van der Waals surface area contributed by atoms with Gasteiger partial charge in [0.1, 0.15) is 17.9 Å². The Kier molecular flexibility index (Phi) is 5.74. The van der Waals surface area contributed by atoms with E-state index in [1.54, 1.807) is 0 Å². The standard InChI is InChI=1S/C28H27NO5/c1-2-33-25-13-7-8-18-16-28(26(30)31,15-14-19(18)25)29-27(32)34-17-24-22-11-5-3-9-20(22)21-10-4-6-12-23(21)24/h3-13,24H,2,14-17H2,1H3,(H,29,32)(H,30,31). The summed E-state index contributed by atoms with van der Waals surface area (Å²) in [5, 5.41) is 12.8. The fraction of sp³-hybridized carbons (Fsp3) is 0.286. The van der Waals surface area contributed by atoms with Crippen LogP contribution in [0.15, 0.2) is 66.7 Å². The maximum Gasteiger partial charge on any atom is 0.408 e. The van der Waals surface area contributed by atoms with Crippen molar-refractivity contribution in [1.29, 1.82) is 0 Å². The number of aliphatic carboxylic acids is 1. The highest BCUT2D eigenvalue weighted by atomic mass is 16.5. The Labute approximate surface area is 198 Å². The molecule has 6 nitrogen and oxygen atoms in total. The Balaban J connectivity index is 1.32. The number of hydrogen-bond acceptors (Lipinski definition) is 4. The molecule has 1 atom stereocenters. The second kappa shape index (κ2) is 8.86. The van der Waals surface area contributed by atoms with E-state index in [2.05, 4.69) is 17.4 Å². The van der Waals surface area contributed by atoms with Crippen LogP contribution in [0.4, 0.5) is 4.79 Å². The molecule has 1 unspecified atom stereocenters. The van der Waals surface area contributed by atoms with Crippen molar-refractivity contribution in [2.45, 2.75) is 37.6 Å².